The summed E-state index contributed by atoms with van der Waals surface area (Å²) in [7, 11) is 0. The maximum absolute atomic E-state index is 4.81. The van der Waals surface area contributed by atoms with Crippen LogP contribution in [0.1, 0.15) is 36.7 Å². The van der Waals surface area contributed by atoms with Crippen LogP contribution in [0.3, 0.4) is 0 Å². The molecule has 1 aromatic heterocycles. The van der Waals surface area contributed by atoms with Gasteiger partial charge in [-0.15, -0.1) is 0 Å². The molecule has 1 atom stereocenters. The maximum Gasteiger partial charge on any atom is 0.191 e. The highest BCUT2D eigenvalue weighted by atomic mass is 32.2. The summed E-state index contributed by atoms with van der Waals surface area (Å²) >= 11 is 2.06. The number of rotatable bonds is 6. The largest absolute Gasteiger partial charge is 0.357 e. The van der Waals surface area contributed by atoms with Crippen molar-refractivity contribution < 1.29 is 0 Å². The van der Waals surface area contributed by atoms with E-state index in [0.29, 0.717) is 11.8 Å². The zero-order valence-electron chi connectivity index (χ0n) is 16.0. The summed E-state index contributed by atoms with van der Waals surface area (Å²) in [4.78, 5) is 4.81. The summed E-state index contributed by atoms with van der Waals surface area (Å²) in [5.74, 6) is 2.18. The van der Waals surface area contributed by atoms with E-state index in [1.54, 1.807) is 0 Å². The highest BCUT2D eigenvalue weighted by Gasteiger charge is 2.15. The van der Waals surface area contributed by atoms with Gasteiger partial charge in [0.15, 0.2) is 5.96 Å². The van der Waals surface area contributed by atoms with Crippen molar-refractivity contribution in [3.63, 3.8) is 0 Å². The number of hydrogen-bond donors (Lipinski definition) is 2. The molecule has 26 heavy (non-hydrogen) atoms. The van der Waals surface area contributed by atoms with Crippen molar-refractivity contribution in [3.8, 4) is 5.69 Å². The summed E-state index contributed by atoms with van der Waals surface area (Å²) in [6.45, 7) is 8.69. The zero-order chi connectivity index (χ0) is 18.4. The van der Waals surface area contributed by atoms with E-state index in [9.17, 15) is 0 Å². The standard InChI is InChI=1S/C20H29N5S/c1-4-21-20(23-14-18-9-7-11-26-18)22-13-17-8-5-6-10-19(17)25-16(3)12-15(2)24-25/h5-6,8,10,12,18H,4,7,9,11,13-14H2,1-3H3,(H2,21,22,23). The molecule has 1 aliphatic rings. The van der Waals surface area contributed by atoms with Crippen molar-refractivity contribution in [1.82, 2.24) is 20.4 Å². The van der Waals surface area contributed by atoms with Gasteiger partial charge in [0.2, 0.25) is 0 Å². The fraction of sp³-hybridized carbons (Fsp3) is 0.500. The number of hydrogen-bond acceptors (Lipinski definition) is 3. The maximum atomic E-state index is 4.81. The van der Waals surface area contributed by atoms with E-state index in [1.807, 2.05) is 11.6 Å². The predicted molar refractivity (Wildman–Crippen MR) is 111 cm³/mol. The summed E-state index contributed by atoms with van der Waals surface area (Å²) in [6.07, 6.45) is 2.64. The molecule has 2 N–H and O–H groups in total. The quantitative estimate of drug-likeness (QED) is 0.603. The lowest BCUT2D eigenvalue weighted by molar-refractivity contribution is 0.726. The van der Waals surface area contributed by atoms with E-state index >= 15 is 0 Å². The second-order valence-corrected chi connectivity index (χ2v) is 8.09. The number of nitrogens with one attached hydrogen (secondary N) is 2. The second-order valence-electron chi connectivity index (χ2n) is 6.68. The minimum atomic E-state index is 0.627. The van der Waals surface area contributed by atoms with Gasteiger partial charge in [-0.2, -0.15) is 16.9 Å². The van der Waals surface area contributed by atoms with Crippen LogP contribution in [0.25, 0.3) is 5.69 Å². The Kier molecular flexibility index (Phi) is 6.61. The first kappa shape index (κ1) is 18.8. The van der Waals surface area contributed by atoms with Crippen molar-refractivity contribution in [3.05, 3.63) is 47.3 Å². The minimum Gasteiger partial charge on any atom is -0.357 e. The van der Waals surface area contributed by atoms with Gasteiger partial charge in [0.1, 0.15) is 0 Å². The van der Waals surface area contributed by atoms with Crippen molar-refractivity contribution in [2.45, 2.75) is 45.4 Å². The van der Waals surface area contributed by atoms with Crippen LogP contribution in [0.15, 0.2) is 35.3 Å². The molecule has 1 aliphatic heterocycles. The lowest BCUT2D eigenvalue weighted by atomic mass is 10.2. The molecular weight excluding hydrogens is 342 g/mol. The molecule has 0 radical (unpaired) electrons. The topological polar surface area (TPSA) is 54.2 Å². The number of para-hydroxylation sites is 1. The molecule has 5 nitrogen and oxygen atoms in total. The van der Waals surface area contributed by atoms with E-state index in [4.69, 9.17) is 4.99 Å². The number of aryl methyl sites for hydroxylation is 2. The van der Waals surface area contributed by atoms with E-state index in [-0.39, 0.29) is 0 Å². The normalized spacial score (nSPS) is 17.5. The van der Waals surface area contributed by atoms with Gasteiger partial charge in [-0.25, -0.2) is 9.67 Å². The van der Waals surface area contributed by atoms with Crippen LogP contribution < -0.4 is 10.6 Å². The first-order chi connectivity index (χ1) is 12.7. The van der Waals surface area contributed by atoms with Gasteiger partial charge in [-0.05, 0) is 57.1 Å². The first-order valence-electron chi connectivity index (χ1n) is 9.42. The van der Waals surface area contributed by atoms with Crippen molar-refractivity contribution in [2.24, 2.45) is 4.99 Å². The van der Waals surface area contributed by atoms with E-state index in [2.05, 4.69) is 71.7 Å². The molecule has 3 rings (SSSR count). The van der Waals surface area contributed by atoms with Crippen molar-refractivity contribution in [1.29, 1.82) is 0 Å². The summed E-state index contributed by atoms with van der Waals surface area (Å²) in [5, 5.41) is 12.2. The van der Waals surface area contributed by atoms with Crippen LogP contribution in [0.4, 0.5) is 0 Å². The number of aliphatic imine (C=N–C) groups is 1. The van der Waals surface area contributed by atoms with Crippen molar-refractivity contribution >= 4 is 17.7 Å². The number of aromatic nitrogens is 2. The number of nitrogens with zero attached hydrogens (tertiary/aromatic N) is 3. The van der Waals surface area contributed by atoms with Gasteiger partial charge in [0, 0.05) is 24.0 Å². The van der Waals surface area contributed by atoms with E-state index in [1.165, 1.54) is 24.2 Å². The second kappa shape index (κ2) is 9.12. The Morgan fingerprint density at radius 1 is 1.31 bits per heavy atom. The molecular formula is C20H29N5S. The monoisotopic (exact) mass is 371 g/mol. The Bertz CT molecular complexity index is 746. The fourth-order valence-electron chi connectivity index (χ4n) is 3.25. The lowest BCUT2D eigenvalue weighted by Gasteiger charge is -2.15. The Hall–Kier alpha value is -1.95. The molecule has 6 heteroatoms. The highest BCUT2D eigenvalue weighted by molar-refractivity contribution is 8.00. The number of thioether (sulfide) groups is 1. The molecule has 2 heterocycles. The van der Waals surface area contributed by atoms with Crippen molar-refractivity contribution in [2.75, 3.05) is 18.8 Å². The predicted octanol–water partition coefficient (Wildman–Crippen LogP) is 3.44. The third-order valence-electron chi connectivity index (χ3n) is 4.50. The fourth-order valence-corrected chi connectivity index (χ4v) is 4.45. The Balaban J connectivity index is 1.73. The van der Waals surface area contributed by atoms with Gasteiger partial charge >= 0.3 is 0 Å². The molecule has 140 valence electrons. The Morgan fingerprint density at radius 3 is 2.85 bits per heavy atom. The molecule has 2 aromatic rings. The van der Waals surface area contributed by atoms with Gasteiger partial charge in [0.05, 0.1) is 17.9 Å². The molecule has 0 spiro atoms. The molecule has 1 aromatic carbocycles. The van der Waals surface area contributed by atoms with Crippen LogP contribution in [0.2, 0.25) is 0 Å². The van der Waals surface area contributed by atoms with Crippen LogP contribution in [0, 0.1) is 13.8 Å². The molecule has 0 aliphatic carbocycles. The third kappa shape index (κ3) is 4.81. The number of guanidine groups is 1. The molecule has 0 saturated carbocycles. The van der Waals surface area contributed by atoms with Gasteiger partial charge in [0.25, 0.3) is 0 Å². The van der Waals surface area contributed by atoms with Gasteiger partial charge in [-0.3, -0.25) is 0 Å². The Labute approximate surface area is 160 Å². The van der Waals surface area contributed by atoms with Gasteiger partial charge < -0.3 is 10.6 Å². The highest BCUT2D eigenvalue weighted by Crippen LogP contribution is 2.25. The Morgan fingerprint density at radius 2 is 2.15 bits per heavy atom. The third-order valence-corrected chi connectivity index (χ3v) is 5.90. The average Bonchev–Trinajstić information content (AvgIpc) is 3.27. The van der Waals surface area contributed by atoms with E-state index < -0.39 is 0 Å². The smallest absolute Gasteiger partial charge is 0.191 e. The van der Waals surface area contributed by atoms with Crippen LogP contribution in [-0.4, -0.2) is 39.8 Å². The molecule has 0 bridgehead atoms. The van der Waals surface area contributed by atoms with Crippen LogP contribution >= 0.6 is 11.8 Å². The average molecular weight is 372 g/mol. The van der Waals surface area contributed by atoms with Gasteiger partial charge in [-0.1, -0.05) is 18.2 Å². The summed E-state index contributed by atoms with van der Waals surface area (Å²) in [5.41, 5.74) is 4.45. The zero-order valence-corrected chi connectivity index (χ0v) is 16.8. The summed E-state index contributed by atoms with van der Waals surface area (Å²) in [6, 6.07) is 10.5. The minimum absolute atomic E-state index is 0.627. The molecule has 1 fully saturated rings. The van der Waals surface area contributed by atoms with Crippen LogP contribution in [-0.2, 0) is 6.54 Å². The van der Waals surface area contributed by atoms with E-state index in [0.717, 1.165) is 36.1 Å². The lowest BCUT2D eigenvalue weighted by Crippen LogP contribution is -2.40. The SMILES string of the molecule is CCNC(=NCc1ccccc1-n1nc(C)cc1C)NCC1CCCS1. The molecule has 0 amide bonds. The molecule has 1 unspecified atom stereocenters. The first-order valence-corrected chi connectivity index (χ1v) is 10.5. The summed E-state index contributed by atoms with van der Waals surface area (Å²) < 4.78 is 2.01. The number of benzene rings is 1. The van der Waals surface area contributed by atoms with Crippen LogP contribution in [0.5, 0.6) is 0 Å². The molecule has 1 saturated heterocycles.